The molecule has 0 saturated carbocycles. The fourth-order valence-corrected chi connectivity index (χ4v) is 3.78. The van der Waals surface area contributed by atoms with Crippen molar-refractivity contribution in [1.82, 2.24) is 10.1 Å². The molecule has 0 radical (unpaired) electrons. The molecule has 0 aliphatic rings. The summed E-state index contributed by atoms with van der Waals surface area (Å²) in [7, 11) is -3.52. The molecule has 2 heterocycles. The summed E-state index contributed by atoms with van der Waals surface area (Å²) in [6.07, 6.45) is 0. The zero-order chi connectivity index (χ0) is 18.9. The normalized spacial score (nSPS) is 11.6. The van der Waals surface area contributed by atoms with Crippen molar-refractivity contribution in [2.45, 2.75) is 10.6 Å². The van der Waals surface area contributed by atoms with Gasteiger partial charge < -0.3 is 8.94 Å². The van der Waals surface area contributed by atoms with Gasteiger partial charge in [-0.1, -0.05) is 23.4 Å². The van der Waals surface area contributed by atoms with Gasteiger partial charge in [0.05, 0.1) is 4.90 Å². The molecule has 4 aromatic rings. The number of rotatable bonds is 5. The molecular weight excluding hydrogens is 371 g/mol. The lowest BCUT2D eigenvalue weighted by molar-refractivity contribution is 0.413. The van der Waals surface area contributed by atoms with Crippen LogP contribution in [0.4, 0.5) is 4.39 Å². The van der Waals surface area contributed by atoms with Crippen molar-refractivity contribution in [2.24, 2.45) is 0 Å². The van der Waals surface area contributed by atoms with E-state index in [0.29, 0.717) is 5.56 Å². The van der Waals surface area contributed by atoms with E-state index < -0.39 is 9.84 Å². The van der Waals surface area contributed by atoms with E-state index in [0.717, 1.165) is 0 Å². The lowest BCUT2D eigenvalue weighted by Crippen LogP contribution is -2.03. The van der Waals surface area contributed by atoms with Crippen LogP contribution >= 0.6 is 0 Å². The topological polar surface area (TPSA) is 86.2 Å². The van der Waals surface area contributed by atoms with Crippen molar-refractivity contribution >= 4 is 9.84 Å². The highest BCUT2D eigenvalue weighted by Crippen LogP contribution is 2.26. The standard InChI is InChI=1S/C19H13FN2O4S/c20-14-8-6-13(7-9-14)18-21-19(26-22-18)17-11-10-15(25-17)12-27(23,24)16-4-2-1-3-5-16/h1-11H,12H2. The molecule has 4 rings (SSSR count). The van der Waals surface area contributed by atoms with Crippen LogP contribution in [-0.4, -0.2) is 18.6 Å². The smallest absolute Gasteiger partial charge is 0.293 e. The number of hydrogen-bond acceptors (Lipinski definition) is 6. The van der Waals surface area contributed by atoms with Crippen LogP contribution in [-0.2, 0) is 15.6 Å². The molecule has 0 spiro atoms. The summed E-state index contributed by atoms with van der Waals surface area (Å²) in [5.74, 6) is 0.260. The first-order chi connectivity index (χ1) is 13.0. The fourth-order valence-electron chi connectivity index (χ4n) is 2.51. The number of nitrogens with zero attached hydrogens (tertiary/aromatic N) is 2. The molecule has 0 saturated heterocycles. The molecule has 0 amide bonds. The average Bonchev–Trinajstić information content (AvgIpc) is 3.32. The summed E-state index contributed by atoms with van der Waals surface area (Å²) in [5, 5.41) is 3.84. The second-order valence-electron chi connectivity index (χ2n) is 5.77. The first-order valence-electron chi connectivity index (χ1n) is 7.98. The predicted molar refractivity (Wildman–Crippen MR) is 94.7 cm³/mol. The lowest BCUT2D eigenvalue weighted by atomic mass is 10.2. The minimum Gasteiger partial charge on any atom is -0.455 e. The summed E-state index contributed by atoms with van der Waals surface area (Å²) in [6, 6.07) is 16.9. The number of benzene rings is 2. The van der Waals surface area contributed by atoms with Crippen LogP contribution in [0.15, 0.2) is 80.6 Å². The molecule has 0 N–H and O–H groups in total. The van der Waals surface area contributed by atoms with Gasteiger partial charge in [-0.2, -0.15) is 4.98 Å². The number of aromatic nitrogens is 2. The maximum Gasteiger partial charge on any atom is 0.293 e. The van der Waals surface area contributed by atoms with E-state index in [-0.39, 0.29) is 39.7 Å². The molecule has 0 aliphatic carbocycles. The summed E-state index contributed by atoms with van der Waals surface area (Å²) in [6.45, 7) is 0. The summed E-state index contributed by atoms with van der Waals surface area (Å²) < 4.78 is 48.6. The molecular formula is C19H13FN2O4S. The number of furan rings is 1. The van der Waals surface area contributed by atoms with Crippen LogP contribution in [0, 0.1) is 5.82 Å². The number of halogens is 1. The van der Waals surface area contributed by atoms with Gasteiger partial charge in [-0.25, -0.2) is 12.8 Å². The van der Waals surface area contributed by atoms with E-state index in [9.17, 15) is 12.8 Å². The second-order valence-corrected chi connectivity index (χ2v) is 7.76. The average molecular weight is 384 g/mol. The molecule has 6 nitrogen and oxygen atoms in total. The van der Waals surface area contributed by atoms with E-state index in [1.807, 2.05) is 0 Å². The molecule has 0 bridgehead atoms. The van der Waals surface area contributed by atoms with Gasteiger partial charge in [-0.15, -0.1) is 0 Å². The monoisotopic (exact) mass is 384 g/mol. The highest BCUT2D eigenvalue weighted by molar-refractivity contribution is 7.90. The Morgan fingerprint density at radius 2 is 1.67 bits per heavy atom. The van der Waals surface area contributed by atoms with Gasteiger partial charge in [-0.05, 0) is 48.5 Å². The second kappa shape index (κ2) is 6.81. The molecule has 0 atom stereocenters. The first-order valence-corrected chi connectivity index (χ1v) is 9.63. The Morgan fingerprint density at radius 1 is 0.926 bits per heavy atom. The van der Waals surface area contributed by atoms with Crippen molar-refractivity contribution in [2.75, 3.05) is 0 Å². The van der Waals surface area contributed by atoms with Crippen molar-refractivity contribution in [3.63, 3.8) is 0 Å². The highest BCUT2D eigenvalue weighted by atomic mass is 32.2. The first kappa shape index (κ1) is 17.2. The van der Waals surface area contributed by atoms with Crippen molar-refractivity contribution < 1.29 is 21.7 Å². The number of sulfone groups is 1. The molecule has 27 heavy (non-hydrogen) atoms. The summed E-state index contributed by atoms with van der Waals surface area (Å²) in [5.41, 5.74) is 0.588. The van der Waals surface area contributed by atoms with Gasteiger partial charge in [0, 0.05) is 5.56 Å². The highest BCUT2D eigenvalue weighted by Gasteiger charge is 2.19. The van der Waals surface area contributed by atoms with Crippen LogP contribution in [0.5, 0.6) is 0 Å². The fraction of sp³-hybridized carbons (Fsp3) is 0.0526. The third kappa shape index (κ3) is 3.65. The van der Waals surface area contributed by atoms with E-state index in [2.05, 4.69) is 10.1 Å². The quantitative estimate of drug-likeness (QED) is 0.515. The maximum atomic E-state index is 13.0. The zero-order valence-corrected chi connectivity index (χ0v) is 14.7. The van der Waals surface area contributed by atoms with Gasteiger partial charge in [-0.3, -0.25) is 0 Å². The van der Waals surface area contributed by atoms with Crippen molar-refractivity contribution in [3.8, 4) is 23.0 Å². The molecule has 0 unspecified atom stereocenters. The predicted octanol–water partition coefficient (Wildman–Crippen LogP) is 4.11. The third-order valence-electron chi connectivity index (χ3n) is 3.84. The van der Waals surface area contributed by atoms with Gasteiger partial charge in [0.15, 0.2) is 15.6 Å². The Labute approximate surface area is 154 Å². The Hall–Kier alpha value is -3.26. The summed E-state index contributed by atoms with van der Waals surface area (Å²) >= 11 is 0. The largest absolute Gasteiger partial charge is 0.455 e. The minimum atomic E-state index is -3.52. The van der Waals surface area contributed by atoms with Gasteiger partial charge in [0.1, 0.15) is 17.3 Å². The van der Waals surface area contributed by atoms with Crippen LogP contribution in [0.2, 0.25) is 0 Å². The van der Waals surface area contributed by atoms with E-state index in [4.69, 9.17) is 8.94 Å². The minimum absolute atomic E-state index is 0.109. The lowest BCUT2D eigenvalue weighted by Gasteiger charge is -2.01. The van der Waals surface area contributed by atoms with Crippen molar-refractivity contribution in [3.05, 3.63) is 78.3 Å². The van der Waals surface area contributed by atoms with E-state index in [1.165, 1.54) is 36.4 Å². The van der Waals surface area contributed by atoms with E-state index >= 15 is 0 Å². The van der Waals surface area contributed by atoms with Gasteiger partial charge >= 0.3 is 0 Å². The Morgan fingerprint density at radius 3 is 2.41 bits per heavy atom. The molecule has 8 heteroatoms. The van der Waals surface area contributed by atoms with Crippen LogP contribution in [0.1, 0.15) is 5.76 Å². The van der Waals surface area contributed by atoms with Crippen LogP contribution in [0.3, 0.4) is 0 Å². The molecule has 2 aromatic heterocycles. The van der Waals surface area contributed by atoms with Crippen LogP contribution in [0.25, 0.3) is 23.0 Å². The molecule has 2 aromatic carbocycles. The van der Waals surface area contributed by atoms with E-state index in [1.54, 1.807) is 30.3 Å². The molecule has 136 valence electrons. The van der Waals surface area contributed by atoms with Gasteiger partial charge in [0.25, 0.3) is 5.89 Å². The zero-order valence-electron chi connectivity index (χ0n) is 13.9. The number of hydrogen-bond donors (Lipinski definition) is 0. The molecule has 0 aliphatic heterocycles. The summed E-state index contributed by atoms with van der Waals surface area (Å²) in [4.78, 5) is 4.43. The Kier molecular flexibility index (Phi) is 4.33. The van der Waals surface area contributed by atoms with Gasteiger partial charge in [0.2, 0.25) is 5.82 Å². The van der Waals surface area contributed by atoms with Crippen molar-refractivity contribution in [1.29, 1.82) is 0 Å². The van der Waals surface area contributed by atoms with Crippen LogP contribution < -0.4 is 0 Å². The maximum absolute atomic E-state index is 13.0. The Bertz CT molecular complexity index is 1170. The SMILES string of the molecule is O=S(=O)(Cc1ccc(-c2nc(-c3ccc(F)cc3)no2)o1)c1ccccc1. The molecule has 0 fully saturated rings. The third-order valence-corrected chi connectivity index (χ3v) is 5.49. The Balaban J connectivity index is 1.56.